The molecule has 4 rings (SSSR count). The molecule has 1 aliphatic heterocycles. The number of nitrogens with zero attached hydrogens (tertiary/aromatic N) is 3. The summed E-state index contributed by atoms with van der Waals surface area (Å²) < 4.78 is 1.75. The Bertz CT molecular complexity index is 687. The third kappa shape index (κ3) is 2.86. The quantitative estimate of drug-likeness (QED) is 0.916. The van der Waals surface area contributed by atoms with Crippen molar-refractivity contribution in [3.8, 4) is 5.69 Å². The number of benzene rings is 1. The molecular weight excluding hydrogens is 312 g/mol. The lowest BCUT2D eigenvalue weighted by molar-refractivity contribution is 0.0779. The number of halogens is 1. The number of amides is 1. The largest absolute Gasteiger partial charge is 0.338 e. The summed E-state index contributed by atoms with van der Waals surface area (Å²) in [7, 11) is 0. The molecule has 3 unspecified atom stereocenters. The predicted octanol–water partition coefficient (Wildman–Crippen LogP) is 2.10. The van der Waals surface area contributed by atoms with Crippen molar-refractivity contribution in [2.45, 2.75) is 18.9 Å². The van der Waals surface area contributed by atoms with Gasteiger partial charge in [-0.2, -0.15) is 5.10 Å². The molecule has 0 spiro atoms. The van der Waals surface area contributed by atoms with E-state index in [0.29, 0.717) is 17.4 Å². The Hall–Kier alpha value is -1.85. The van der Waals surface area contributed by atoms with Crippen LogP contribution in [0.3, 0.4) is 0 Å². The van der Waals surface area contributed by atoms with Crippen LogP contribution < -0.4 is 5.73 Å². The smallest absolute Gasteiger partial charge is 0.257 e. The van der Waals surface area contributed by atoms with Crippen molar-refractivity contribution in [1.82, 2.24) is 14.7 Å². The van der Waals surface area contributed by atoms with E-state index in [9.17, 15) is 4.79 Å². The average Bonchev–Trinajstić information content (AvgIpc) is 3.25. The Morgan fingerprint density at radius 1 is 1.17 bits per heavy atom. The molecule has 3 atom stereocenters. The fourth-order valence-electron chi connectivity index (χ4n) is 3.81. The molecule has 1 amide bonds. The molecular formula is C17H21ClN4O. The van der Waals surface area contributed by atoms with Gasteiger partial charge in [0.05, 0.1) is 17.4 Å². The topological polar surface area (TPSA) is 64.2 Å². The van der Waals surface area contributed by atoms with Crippen molar-refractivity contribution in [3.63, 3.8) is 0 Å². The maximum atomic E-state index is 12.7. The van der Waals surface area contributed by atoms with Crippen LogP contribution in [-0.2, 0) is 0 Å². The van der Waals surface area contributed by atoms with Crippen LogP contribution >= 0.6 is 12.4 Å². The molecule has 1 aromatic carbocycles. The molecule has 1 saturated heterocycles. The monoisotopic (exact) mass is 332 g/mol. The van der Waals surface area contributed by atoms with Gasteiger partial charge in [-0.1, -0.05) is 18.2 Å². The average molecular weight is 333 g/mol. The van der Waals surface area contributed by atoms with Gasteiger partial charge < -0.3 is 10.6 Å². The van der Waals surface area contributed by atoms with E-state index in [4.69, 9.17) is 5.73 Å². The maximum Gasteiger partial charge on any atom is 0.257 e. The number of likely N-dealkylation sites (tertiary alicyclic amines) is 1. The minimum absolute atomic E-state index is 0. The van der Waals surface area contributed by atoms with Crippen LogP contribution in [0.25, 0.3) is 5.69 Å². The highest BCUT2D eigenvalue weighted by Crippen LogP contribution is 2.37. The van der Waals surface area contributed by atoms with Gasteiger partial charge in [-0.3, -0.25) is 4.79 Å². The first-order valence-corrected chi connectivity index (χ1v) is 7.87. The fourth-order valence-corrected chi connectivity index (χ4v) is 3.81. The number of aromatic nitrogens is 2. The summed E-state index contributed by atoms with van der Waals surface area (Å²) in [6.07, 6.45) is 5.72. The van der Waals surface area contributed by atoms with Crippen molar-refractivity contribution in [2.24, 2.45) is 17.6 Å². The van der Waals surface area contributed by atoms with Gasteiger partial charge >= 0.3 is 0 Å². The van der Waals surface area contributed by atoms with Crippen LogP contribution in [0.2, 0.25) is 0 Å². The molecule has 0 radical (unpaired) electrons. The third-order valence-corrected chi connectivity index (χ3v) is 5.05. The third-order valence-electron chi connectivity index (χ3n) is 5.05. The number of hydrogen-bond donors (Lipinski definition) is 1. The summed E-state index contributed by atoms with van der Waals surface area (Å²) in [6.45, 7) is 1.63. The summed E-state index contributed by atoms with van der Waals surface area (Å²) in [5.74, 6) is 1.14. The van der Waals surface area contributed by atoms with E-state index in [1.807, 2.05) is 41.4 Å². The molecule has 2 N–H and O–H groups in total. The van der Waals surface area contributed by atoms with E-state index in [-0.39, 0.29) is 24.4 Å². The molecule has 1 aromatic heterocycles. The van der Waals surface area contributed by atoms with Crippen molar-refractivity contribution in [3.05, 3.63) is 48.3 Å². The molecule has 2 aliphatic rings. The first kappa shape index (κ1) is 16.0. The minimum Gasteiger partial charge on any atom is -0.338 e. The Kier molecular flexibility index (Phi) is 4.41. The number of fused-ring (bicyclic) bond motifs is 1. The molecule has 2 heterocycles. The molecule has 1 saturated carbocycles. The predicted molar refractivity (Wildman–Crippen MR) is 90.9 cm³/mol. The molecule has 122 valence electrons. The van der Waals surface area contributed by atoms with Gasteiger partial charge in [0.1, 0.15) is 0 Å². The SMILES string of the molecule is Cl.NC1CCC2CN(C(=O)c3cnn(-c4ccccc4)c3)CC12. The summed E-state index contributed by atoms with van der Waals surface area (Å²) in [5.41, 5.74) is 7.76. The van der Waals surface area contributed by atoms with E-state index in [2.05, 4.69) is 5.10 Å². The van der Waals surface area contributed by atoms with E-state index in [1.54, 1.807) is 10.9 Å². The zero-order valence-corrected chi connectivity index (χ0v) is 13.7. The Balaban J connectivity index is 0.00000156. The second-order valence-electron chi connectivity index (χ2n) is 6.38. The van der Waals surface area contributed by atoms with Crippen LogP contribution in [0.15, 0.2) is 42.7 Å². The highest BCUT2D eigenvalue weighted by Gasteiger charge is 2.42. The van der Waals surface area contributed by atoms with Gasteiger partial charge in [-0.15, -0.1) is 12.4 Å². The minimum atomic E-state index is 0. The van der Waals surface area contributed by atoms with Crippen LogP contribution in [0.5, 0.6) is 0 Å². The number of carbonyl (C=O) groups is 1. The number of nitrogens with two attached hydrogens (primary N) is 1. The number of carbonyl (C=O) groups excluding carboxylic acids is 1. The van der Waals surface area contributed by atoms with E-state index in [0.717, 1.165) is 31.6 Å². The fraction of sp³-hybridized carbons (Fsp3) is 0.412. The Morgan fingerprint density at radius 3 is 2.70 bits per heavy atom. The maximum absolute atomic E-state index is 12.7. The lowest BCUT2D eigenvalue weighted by atomic mass is 9.98. The molecule has 0 bridgehead atoms. The Morgan fingerprint density at radius 2 is 1.96 bits per heavy atom. The van der Waals surface area contributed by atoms with E-state index in [1.165, 1.54) is 0 Å². The van der Waals surface area contributed by atoms with Crippen molar-refractivity contribution in [1.29, 1.82) is 0 Å². The first-order valence-electron chi connectivity index (χ1n) is 7.87. The number of para-hydroxylation sites is 1. The molecule has 23 heavy (non-hydrogen) atoms. The summed E-state index contributed by atoms with van der Waals surface area (Å²) in [4.78, 5) is 14.6. The summed E-state index contributed by atoms with van der Waals surface area (Å²) in [5, 5.41) is 4.31. The molecule has 2 aromatic rings. The van der Waals surface area contributed by atoms with Crippen LogP contribution in [0, 0.1) is 11.8 Å². The van der Waals surface area contributed by atoms with Gasteiger partial charge in [0, 0.05) is 25.3 Å². The lowest BCUT2D eigenvalue weighted by Gasteiger charge is -2.17. The normalized spacial score (nSPS) is 26.0. The van der Waals surface area contributed by atoms with Gasteiger partial charge in [-0.05, 0) is 36.8 Å². The van der Waals surface area contributed by atoms with Crippen molar-refractivity contribution >= 4 is 18.3 Å². The van der Waals surface area contributed by atoms with Gasteiger partial charge in [0.25, 0.3) is 5.91 Å². The summed E-state index contributed by atoms with van der Waals surface area (Å²) >= 11 is 0. The van der Waals surface area contributed by atoms with Crippen LogP contribution in [0.1, 0.15) is 23.2 Å². The van der Waals surface area contributed by atoms with Crippen LogP contribution in [-0.4, -0.2) is 39.7 Å². The van der Waals surface area contributed by atoms with Crippen LogP contribution in [0.4, 0.5) is 0 Å². The highest BCUT2D eigenvalue weighted by molar-refractivity contribution is 5.94. The lowest BCUT2D eigenvalue weighted by Crippen LogP contribution is -2.33. The highest BCUT2D eigenvalue weighted by atomic mass is 35.5. The number of hydrogen-bond acceptors (Lipinski definition) is 3. The Labute approximate surface area is 141 Å². The van der Waals surface area contributed by atoms with Gasteiger partial charge in [0.15, 0.2) is 0 Å². The van der Waals surface area contributed by atoms with Crippen molar-refractivity contribution < 1.29 is 4.79 Å². The van der Waals surface area contributed by atoms with Gasteiger partial charge in [-0.25, -0.2) is 4.68 Å². The first-order chi connectivity index (χ1) is 10.7. The molecule has 1 aliphatic carbocycles. The second kappa shape index (κ2) is 6.34. The second-order valence-corrected chi connectivity index (χ2v) is 6.38. The molecule has 2 fully saturated rings. The van der Waals surface area contributed by atoms with Gasteiger partial charge in [0.2, 0.25) is 0 Å². The molecule has 6 heteroatoms. The summed E-state index contributed by atoms with van der Waals surface area (Å²) in [6, 6.07) is 10.1. The molecule has 5 nitrogen and oxygen atoms in total. The zero-order valence-electron chi connectivity index (χ0n) is 12.8. The zero-order chi connectivity index (χ0) is 15.1. The van der Waals surface area contributed by atoms with E-state index < -0.39 is 0 Å². The van der Waals surface area contributed by atoms with E-state index >= 15 is 0 Å². The van der Waals surface area contributed by atoms with Crippen molar-refractivity contribution in [2.75, 3.05) is 13.1 Å². The number of rotatable bonds is 2. The standard InChI is InChI=1S/C17H20N4O.ClH/c18-16-7-6-12-9-20(11-15(12)16)17(22)13-8-19-21(10-13)14-4-2-1-3-5-14;/h1-5,8,10,12,15-16H,6-7,9,11,18H2;1H.